The van der Waals surface area contributed by atoms with Crippen molar-refractivity contribution in [2.24, 2.45) is 0 Å². The Kier molecular flexibility index (Phi) is 4.75. The molecular formula is C13H14BrFN4O2. The molecular weight excluding hydrogens is 343 g/mol. The molecule has 0 aliphatic carbocycles. The monoisotopic (exact) mass is 356 g/mol. The minimum absolute atomic E-state index is 0.0784. The van der Waals surface area contributed by atoms with Gasteiger partial charge in [0.2, 0.25) is 0 Å². The third-order valence-corrected chi connectivity index (χ3v) is 4.21. The minimum Gasteiger partial charge on any atom is -0.363 e. The Bertz CT molecular complexity index is 597. The number of halogens is 2. The van der Waals surface area contributed by atoms with E-state index in [-0.39, 0.29) is 21.9 Å². The standard InChI is InChI=1S/C13H14BrFN4O2/c1-9(8-16)17-2-4-18(5-3-17)12-7-11(15)10(14)6-13(12)19(20)21/h6-7,9H,2-5H2,1H3. The highest BCUT2D eigenvalue weighted by Crippen LogP contribution is 2.33. The number of piperazine rings is 1. The number of rotatable bonds is 3. The van der Waals surface area contributed by atoms with E-state index in [2.05, 4.69) is 22.0 Å². The summed E-state index contributed by atoms with van der Waals surface area (Å²) < 4.78 is 13.8. The maximum absolute atomic E-state index is 13.7. The van der Waals surface area contributed by atoms with Crippen LogP contribution in [0.25, 0.3) is 0 Å². The van der Waals surface area contributed by atoms with E-state index < -0.39 is 10.7 Å². The van der Waals surface area contributed by atoms with Crippen LogP contribution < -0.4 is 4.90 Å². The molecule has 1 aromatic rings. The number of nitro groups is 1. The van der Waals surface area contributed by atoms with E-state index in [0.717, 1.165) is 0 Å². The van der Waals surface area contributed by atoms with E-state index in [9.17, 15) is 14.5 Å². The number of hydrogen-bond acceptors (Lipinski definition) is 5. The number of anilines is 1. The maximum Gasteiger partial charge on any atom is 0.293 e. The van der Waals surface area contributed by atoms with Gasteiger partial charge in [0, 0.05) is 38.3 Å². The third kappa shape index (κ3) is 3.31. The summed E-state index contributed by atoms with van der Waals surface area (Å²) in [5, 5.41) is 20.0. The van der Waals surface area contributed by atoms with Gasteiger partial charge in [-0.05, 0) is 22.9 Å². The largest absolute Gasteiger partial charge is 0.363 e. The molecule has 0 radical (unpaired) electrons. The van der Waals surface area contributed by atoms with Crippen LogP contribution in [0.2, 0.25) is 0 Å². The van der Waals surface area contributed by atoms with Crippen molar-refractivity contribution in [3.8, 4) is 6.07 Å². The topological polar surface area (TPSA) is 73.4 Å². The fraction of sp³-hybridized carbons (Fsp3) is 0.462. The summed E-state index contributed by atoms with van der Waals surface area (Å²) in [6.45, 7) is 4.09. The molecule has 0 saturated carbocycles. The molecule has 1 unspecified atom stereocenters. The lowest BCUT2D eigenvalue weighted by Crippen LogP contribution is -2.49. The molecule has 0 spiro atoms. The molecule has 1 atom stereocenters. The van der Waals surface area contributed by atoms with Crippen molar-refractivity contribution in [3.63, 3.8) is 0 Å². The molecule has 112 valence electrons. The lowest BCUT2D eigenvalue weighted by atomic mass is 10.2. The van der Waals surface area contributed by atoms with Crippen LogP contribution in [0.1, 0.15) is 6.92 Å². The van der Waals surface area contributed by atoms with Gasteiger partial charge >= 0.3 is 0 Å². The molecule has 2 rings (SSSR count). The zero-order valence-corrected chi connectivity index (χ0v) is 13.0. The van der Waals surface area contributed by atoms with E-state index >= 15 is 0 Å². The van der Waals surface area contributed by atoms with Gasteiger partial charge in [-0.1, -0.05) is 0 Å². The Morgan fingerprint density at radius 3 is 2.57 bits per heavy atom. The van der Waals surface area contributed by atoms with Gasteiger partial charge in [-0.25, -0.2) is 4.39 Å². The molecule has 8 heteroatoms. The van der Waals surface area contributed by atoms with Crippen LogP contribution in [0.15, 0.2) is 16.6 Å². The van der Waals surface area contributed by atoms with Crippen molar-refractivity contribution in [1.82, 2.24) is 4.90 Å². The first-order valence-electron chi connectivity index (χ1n) is 6.46. The first kappa shape index (κ1) is 15.7. The van der Waals surface area contributed by atoms with E-state index in [1.54, 1.807) is 4.90 Å². The highest BCUT2D eigenvalue weighted by atomic mass is 79.9. The summed E-state index contributed by atoms with van der Waals surface area (Å²) >= 11 is 2.97. The second-order valence-electron chi connectivity index (χ2n) is 4.84. The molecule has 0 aromatic heterocycles. The van der Waals surface area contributed by atoms with Crippen molar-refractivity contribution in [1.29, 1.82) is 5.26 Å². The second kappa shape index (κ2) is 6.37. The summed E-state index contributed by atoms with van der Waals surface area (Å²) in [5.74, 6) is -0.525. The van der Waals surface area contributed by atoms with Crippen molar-refractivity contribution >= 4 is 27.3 Å². The lowest BCUT2D eigenvalue weighted by Gasteiger charge is -2.36. The highest BCUT2D eigenvalue weighted by molar-refractivity contribution is 9.10. The van der Waals surface area contributed by atoms with Gasteiger partial charge in [0.15, 0.2) is 0 Å². The van der Waals surface area contributed by atoms with Gasteiger partial charge < -0.3 is 4.90 Å². The maximum atomic E-state index is 13.7. The van der Waals surface area contributed by atoms with Crippen LogP contribution in [0, 0.1) is 27.3 Å². The minimum atomic E-state index is -0.525. The molecule has 1 aliphatic rings. The van der Waals surface area contributed by atoms with E-state index in [1.807, 2.05) is 11.8 Å². The van der Waals surface area contributed by atoms with Crippen LogP contribution >= 0.6 is 15.9 Å². The van der Waals surface area contributed by atoms with Crippen molar-refractivity contribution < 1.29 is 9.31 Å². The van der Waals surface area contributed by atoms with Crippen LogP contribution in [0.4, 0.5) is 15.8 Å². The quantitative estimate of drug-likeness (QED) is 0.614. The Balaban J connectivity index is 2.22. The highest BCUT2D eigenvalue weighted by Gasteiger charge is 2.27. The van der Waals surface area contributed by atoms with E-state index in [1.165, 1.54) is 12.1 Å². The summed E-state index contributed by atoms with van der Waals surface area (Å²) in [5.41, 5.74) is 0.162. The number of nitro benzene ring substituents is 1. The Hall–Kier alpha value is -1.72. The summed E-state index contributed by atoms with van der Waals surface area (Å²) in [6, 6.07) is 4.35. The van der Waals surface area contributed by atoms with Crippen LogP contribution in [-0.2, 0) is 0 Å². The van der Waals surface area contributed by atoms with Gasteiger partial charge in [0.25, 0.3) is 5.69 Å². The average molecular weight is 357 g/mol. The van der Waals surface area contributed by atoms with E-state index in [4.69, 9.17) is 5.26 Å². The Morgan fingerprint density at radius 1 is 1.43 bits per heavy atom. The fourth-order valence-corrected chi connectivity index (χ4v) is 2.69. The van der Waals surface area contributed by atoms with Gasteiger partial charge in [-0.2, -0.15) is 5.26 Å². The first-order valence-corrected chi connectivity index (χ1v) is 7.25. The zero-order chi connectivity index (χ0) is 15.6. The molecule has 1 saturated heterocycles. The number of nitrogens with zero attached hydrogens (tertiary/aromatic N) is 4. The second-order valence-corrected chi connectivity index (χ2v) is 5.69. The predicted octanol–water partition coefficient (Wildman–Crippen LogP) is 2.53. The smallest absolute Gasteiger partial charge is 0.293 e. The Labute approximate surface area is 130 Å². The van der Waals surface area contributed by atoms with Crippen molar-refractivity contribution in [2.45, 2.75) is 13.0 Å². The summed E-state index contributed by atoms with van der Waals surface area (Å²) in [7, 11) is 0. The molecule has 1 fully saturated rings. The molecule has 0 bridgehead atoms. The average Bonchev–Trinajstić information content (AvgIpc) is 2.48. The number of nitriles is 1. The zero-order valence-electron chi connectivity index (χ0n) is 11.4. The number of hydrogen-bond donors (Lipinski definition) is 0. The predicted molar refractivity (Wildman–Crippen MR) is 79.6 cm³/mol. The van der Waals surface area contributed by atoms with Crippen LogP contribution in [-0.4, -0.2) is 42.0 Å². The fourth-order valence-electron chi connectivity index (χ4n) is 2.36. The van der Waals surface area contributed by atoms with Crippen molar-refractivity contribution in [3.05, 3.63) is 32.5 Å². The normalized spacial score (nSPS) is 17.3. The molecule has 21 heavy (non-hydrogen) atoms. The molecule has 0 amide bonds. The molecule has 6 nitrogen and oxygen atoms in total. The van der Waals surface area contributed by atoms with Gasteiger partial charge in [-0.15, -0.1) is 0 Å². The van der Waals surface area contributed by atoms with Crippen molar-refractivity contribution in [2.75, 3.05) is 31.1 Å². The number of benzene rings is 1. The SMILES string of the molecule is CC(C#N)N1CCN(c2cc(F)c(Br)cc2[N+](=O)[O-])CC1. The lowest BCUT2D eigenvalue weighted by molar-refractivity contribution is -0.384. The van der Waals surface area contributed by atoms with Crippen LogP contribution in [0.3, 0.4) is 0 Å². The molecule has 1 heterocycles. The molecule has 1 aliphatic heterocycles. The van der Waals surface area contributed by atoms with E-state index in [0.29, 0.717) is 26.2 Å². The van der Waals surface area contributed by atoms with Crippen LogP contribution in [0.5, 0.6) is 0 Å². The molecule has 1 aromatic carbocycles. The summed E-state index contributed by atoms with van der Waals surface area (Å²) in [4.78, 5) is 14.4. The Morgan fingerprint density at radius 2 is 2.05 bits per heavy atom. The van der Waals surface area contributed by atoms with Gasteiger partial charge in [-0.3, -0.25) is 15.0 Å². The third-order valence-electron chi connectivity index (χ3n) is 3.60. The summed E-state index contributed by atoms with van der Waals surface area (Å²) in [6.07, 6.45) is 0. The van der Waals surface area contributed by atoms with Gasteiger partial charge in [0.05, 0.1) is 21.5 Å². The van der Waals surface area contributed by atoms with Gasteiger partial charge in [0.1, 0.15) is 11.5 Å². The first-order chi connectivity index (χ1) is 9.93. The molecule has 0 N–H and O–H groups in total.